The molecule has 0 spiro atoms. The Labute approximate surface area is 105 Å². The van der Waals surface area contributed by atoms with Crippen molar-refractivity contribution < 1.29 is 0 Å². The number of pyridine rings is 1. The van der Waals surface area contributed by atoms with Crippen molar-refractivity contribution in [1.29, 1.82) is 0 Å². The van der Waals surface area contributed by atoms with Crippen LogP contribution < -0.4 is 5.73 Å². The van der Waals surface area contributed by atoms with Gasteiger partial charge < -0.3 is 5.73 Å². The number of nitrogens with zero attached hydrogens (tertiary/aromatic N) is 3. The largest absolute Gasteiger partial charge is 0.327 e. The summed E-state index contributed by atoms with van der Waals surface area (Å²) in [6.07, 6.45) is 7.50. The maximum absolute atomic E-state index is 6.05. The van der Waals surface area contributed by atoms with E-state index in [1.54, 1.807) is 22.6 Å². The predicted molar refractivity (Wildman–Crippen MR) is 69.7 cm³/mol. The van der Waals surface area contributed by atoms with Crippen molar-refractivity contribution in [2.45, 2.75) is 23.1 Å². The van der Waals surface area contributed by atoms with Crippen molar-refractivity contribution in [1.82, 2.24) is 14.8 Å². The summed E-state index contributed by atoms with van der Waals surface area (Å²) >= 11 is 1.72. The third kappa shape index (κ3) is 3.08. The molecule has 2 N–H and O–H groups in total. The molecule has 0 amide bonds. The Morgan fingerprint density at radius 3 is 2.76 bits per heavy atom. The van der Waals surface area contributed by atoms with Gasteiger partial charge in [-0.05, 0) is 18.6 Å². The van der Waals surface area contributed by atoms with Crippen LogP contribution in [0.5, 0.6) is 0 Å². The molecule has 0 fully saturated rings. The molecule has 2 rings (SSSR count). The van der Waals surface area contributed by atoms with Crippen LogP contribution in [0.4, 0.5) is 0 Å². The summed E-state index contributed by atoms with van der Waals surface area (Å²) in [7, 11) is 1.91. The van der Waals surface area contributed by atoms with Crippen LogP contribution in [0.15, 0.2) is 41.8 Å². The normalized spacial score (nSPS) is 14.5. The van der Waals surface area contributed by atoms with E-state index in [0.717, 1.165) is 10.5 Å². The van der Waals surface area contributed by atoms with Gasteiger partial charge in [-0.1, -0.05) is 6.07 Å². The Morgan fingerprint density at radius 2 is 2.24 bits per heavy atom. The van der Waals surface area contributed by atoms with Gasteiger partial charge in [-0.3, -0.25) is 9.67 Å². The lowest BCUT2D eigenvalue weighted by atomic mass is 10.1. The van der Waals surface area contributed by atoms with E-state index < -0.39 is 0 Å². The van der Waals surface area contributed by atoms with Crippen LogP contribution in [-0.4, -0.2) is 20.8 Å². The topological polar surface area (TPSA) is 56.7 Å². The second-order valence-electron chi connectivity index (χ2n) is 4.03. The first-order valence-electron chi connectivity index (χ1n) is 5.47. The van der Waals surface area contributed by atoms with E-state index in [2.05, 4.69) is 16.1 Å². The van der Waals surface area contributed by atoms with E-state index in [1.165, 1.54) is 0 Å². The first kappa shape index (κ1) is 12.1. The van der Waals surface area contributed by atoms with E-state index in [4.69, 9.17) is 5.73 Å². The monoisotopic (exact) mass is 248 g/mol. The lowest BCUT2D eigenvalue weighted by Gasteiger charge is -2.19. The molecule has 0 saturated heterocycles. The molecule has 90 valence electrons. The second kappa shape index (κ2) is 5.33. The molecule has 0 aromatic carbocycles. The van der Waals surface area contributed by atoms with Crippen molar-refractivity contribution in [3.05, 3.63) is 42.5 Å². The summed E-state index contributed by atoms with van der Waals surface area (Å²) in [5, 5.41) is 4.36. The highest BCUT2D eigenvalue weighted by Crippen LogP contribution is 2.36. The molecule has 2 aromatic heterocycles. The van der Waals surface area contributed by atoms with Gasteiger partial charge in [0.1, 0.15) is 0 Å². The SMILES string of the molecule is CC(N)C(Sc1cnn(C)c1)c1cccnc1. The molecular formula is C12H16N4S. The molecule has 0 aliphatic carbocycles. The van der Waals surface area contributed by atoms with Crippen LogP contribution in [-0.2, 0) is 7.05 Å². The summed E-state index contributed by atoms with van der Waals surface area (Å²) in [6, 6.07) is 4.06. The first-order valence-corrected chi connectivity index (χ1v) is 6.35. The van der Waals surface area contributed by atoms with Gasteiger partial charge in [-0.2, -0.15) is 5.10 Å². The fourth-order valence-electron chi connectivity index (χ4n) is 1.63. The van der Waals surface area contributed by atoms with E-state index in [1.807, 2.05) is 38.6 Å². The summed E-state index contributed by atoms with van der Waals surface area (Å²) in [6.45, 7) is 2.01. The average molecular weight is 248 g/mol. The smallest absolute Gasteiger partial charge is 0.0626 e. The lowest BCUT2D eigenvalue weighted by molar-refractivity contribution is 0.719. The molecule has 4 nitrogen and oxygen atoms in total. The number of aromatic nitrogens is 3. The van der Waals surface area contributed by atoms with E-state index in [0.29, 0.717) is 0 Å². The van der Waals surface area contributed by atoms with Crippen molar-refractivity contribution in [2.75, 3.05) is 0 Å². The molecule has 17 heavy (non-hydrogen) atoms. The fraction of sp³-hybridized carbons (Fsp3) is 0.333. The van der Waals surface area contributed by atoms with Crippen LogP contribution in [0.3, 0.4) is 0 Å². The van der Waals surface area contributed by atoms with Gasteiger partial charge in [0.05, 0.1) is 11.4 Å². The van der Waals surface area contributed by atoms with Crippen LogP contribution in [0.25, 0.3) is 0 Å². The molecule has 0 radical (unpaired) electrons. The summed E-state index contributed by atoms with van der Waals surface area (Å²) in [5.74, 6) is 0. The summed E-state index contributed by atoms with van der Waals surface area (Å²) in [4.78, 5) is 5.27. The molecule has 0 saturated carbocycles. The van der Waals surface area contributed by atoms with Crippen LogP contribution in [0, 0.1) is 0 Å². The molecule has 5 heteroatoms. The average Bonchev–Trinajstić information content (AvgIpc) is 2.73. The number of thioether (sulfide) groups is 1. The molecule has 2 atom stereocenters. The Bertz CT molecular complexity index is 466. The molecule has 2 unspecified atom stereocenters. The number of hydrogen-bond donors (Lipinski definition) is 1. The van der Waals surface area contributed by atoms with Gasteiger partial charge in [0, 0.05) is 36.6 Å². The van der Waals surface area contributed by atoms with Gasteiger partial charge in [-0.15, -0.1) is 11.8 Å². The minimum Gasteiger partial charge on any atom is -0.327 e. The van der Waals surface area contributed by atoms with E-state index in [-0.39, 0.29) is 11.3 Å². The highest BCUT2D eigenvalue weighted by Gasteiger charge is 2.18. The van der Waals surface area contributed by atoms with Gasteiger partial charge in [-0.25, -0.2) is 0 Å². The Hall–Kier alpha value is -1.33. The maximum Gasteiger partial charge on any atom is 0.0626 e. The zero-order valence-corrected chi connectivity index (χ0v) is 10.8. The van der Waals surface area contributed by atoms with Gasteiger partial charge in [0.2, 0.25) is 0 Å². The third-order valence-corrected chi connectivity index (χ3v) is 3.87. The maximum atomic E-state index is 6.05. The van der Waals surface area contributed by atoms with Crippen LogP contribution >= 0.6 is 11.8 Å². The van der Waals surface area contributed by atoms with E-state index in [9.17, 15) is 0 Å². The number of nitrogens with two attached hydrogens (primary N) is 1. The lowest BCUT2D eigenvalue weighted by Crippen LogP contribution is -2.22. The van der Waals surface area contributed by atoms with E-state index >= 15 is 0 Å². The van der Waals surface area contributed by atoms with Crippen LogP contribution in [0.2, 0.25) is 0 Å². The predicted octanol–water partition coefficient (Wildman–Crippen LogP) is 2.00. The third-order valence-electron chi connectivity index (χ3n) is 2.43. The highest BCUT2D eigenvalue weighted by molar-refractivity contribution is 7.99. The van der Waals surface area contributed by atoms with Gasteiger partial charge in [0.25, 0.3) is 0 Å². The number of rotatable bonds is 4. The van der Waals surface area contributed by atoms with Crippen molar-refractivity contribution in [3.8, 4) is 0 Å². The molecular weight excluding hydrogens is 232 g/mol. The zero-order chi connectivity index (χ0) is 12.3. The highest BCUT2D eigenvalue weighted by atomic mass is 32.2. The minimum absolute atomic E-state index is 0.0596. The number of aryl methyl sites for hydroxylation is 1. The zero-order valence-electron chi connectivity index (χ0n) is 9.95. The Balaban J connectivity index is 2.19. The molecule has 0 bridgehead atoms. The Morgan fingerprint density at radius 1 is 1.41 bits per heavy atom. The first-order chi connectivity index (χ1) is 8.16. The quantitative estimate of drug-likeness (QED) is 0.841. The molecule has 0 aliphatic heterocycles. The summed E-state index contributed by atoms with van der Waals surface area (Å²) < 4.78 is 1.80. The van der Waals surface area contributed by atoms with Crippen molar-refractivity contribution in [2.24, 2.45) is 12.8 Å². The number of hydrogen-bond acceptors (Lipinski definition) is 4. The molecule has 2 aromatic rings. The van der Waals surface area contributed by atoms with Crippen molar-refractivity contribution >= 4 is 11.8 Å². The Kier molecular flexibility index (Phi) is 3.81. The van der Waals surface area contributed by atoms with Gasteiger partial charge in [0.15, 0.2) is 0 Å². The minimum atomic E-state index is 0.0596. The standard InChI is InChI=1S/C12H16N4S/c1-9(13)12(10-4-3-5-14-6-10)17-11-7-15-16(2)8-11/h3-9,12H,13H2,1-2H3. The summed E-state index contributed by atoms with van der Waals surface area (Å²) in [5.41, 5.74) is 7.20. The van der Waals surface area contributed by atoms with Crippen molar-refractivity contribution in [3.63, 3.8) is 0 Å². The second-order valence-corrected chi connectivity index (χ2v) is 5.25. The molecule has 2 heterocycles. The molecule has 0 aliphatic rings. The fourth-order valence-corrected chi connectivity index (χ4v) is 2.73. The van der Waals surface area contributed by atoms with Gasteiger partial charge >= 0.3 is 0 Å². The van der Waals surface area contributed by atoms with Crippen LogP contribution in [0.1, 0.15) is 17.7 Å².